The molecule has 1 aliphatic rings. The number of benzene rings is 1. The van der Waals surface area contributed by atoms with Gasteiger partial charge in [-0.3, -0.25) is 0 Å². The zero-order valence-electron chi connectivity index (χ0n) is 8.75. The summed E-state index contributed by atoms with van der Waals surface area (Å²) in [6.45, 7) is 4.19. The Labute approximate surface area is 85.0 Å². The molecule has 2 nitrogen and oxygen atoms in total. The third-order valence-electron chi connectivity index (χ3n) is 2.96. The van der Waals surface area contributed by atoms with E-state index in [2.05, 4.69) is 37.4 Å². The summed E-state index contributed by atoms with van der Waals surface area (Å²) in [5, 5.41) is 12.8. The number of rotatable bonds is 2. The summed E-state index contributed by atoms with van der Waals surface area (Å²) < 4.78 is 0. The first-order valence-electron chi connectivity index (χ1n) is 5.18. The van der Waals surface area contributed by atoms with Crippen molar-refractivity contribution in [3.8, 4) is 0 Å². The van der Waals surface area contributed by atoms with E-state index in [9.17, 15) is 5.11 Å². The highest BCUT2D eigenvalue weighted by atomic mass is 16.3. The Balaban J connectivity index is 2.09. The number of aliphatic hydroxyl groups excluding tert-OH is 1. The summed E-state index contributed by atoms with van der Waals surface area (Å²) in [6.07, 6.45) is 1.85. The van der Waals surface area contributed by atoms with Gasteiger partial charge in [0.05, 0.1) is 12.1 Å². The van der Waals surface area contributed by atoms with Crippen LogP contribution in [0.1, 0.15) is 24.0 Å². The molecule has 0 amide bonds. The molecule has 2 N–H and O–H groups in total. The summed E-state index contributed by atoms with van der Waals surface area (Å²) in [5.41, 5.74) is 3.69. The van der Waals surface area contributed by atoms with Gasteiger partial charge < -0.3 is 10.4 Å². The lowest BCUT2D eigenvalue weighted by Crippen LogP contribution is -2.42. The molecule has 0 bridgehead atoms. The number of hydrogen-bond donors (Lipinski definition) is 2. The first-order valence-corrected chi connectivity index (χ1v) is 5.18. The van der Waals surface area contributed by atoms with Crippen LogP contribution in [0.25, 0.3) is 0 Å². The zero-order chi connectivity index (χ0) is 10.1. The average molecular weight is 191 g/mol. The molecule has 1 aromatic rings. The van der Waals surface area contributed by atoms with Crippen molar-refractivity contribution < 1.29 is 5.11 Å². The maximum absolute atomic E-state index is 9.45. The van der Waals surface area contributed by atoms with Crippen LogP contribution in [0, 0.1) is 13.8 Å². The highest BCUT2D eigenvalue weighted by molar-refractivity contribution is 5.53. The van der Waals surface area contributed by atoms with E-state index in [4.69, 9.17) is 0 Å². The SMILES string of the molecule is Cc1ccc(NC2CCC2O)c(C)c1. The predicted octanol–water partition coefficient (Wildman–Crippen LogP) is 2.24. The van der Waals surface area contributed by atoms with Gasteiger partial charge in [0.2, 0.25) is 0 Å². The van der Waals surface area contributed by atoms with Crippen molar-refractivity contribution in [2.75, 3.05) is 5.32 Å². The first-order chi connectivity index (χ1) is 6.66. The van der Waals surface area contributed by atoms with Gasteiger partial charge in [0.1, 0.15) is 0 Å². The number of aryl methyl sites for hydroxylation is 2. The molecule has 14 heavy (non-hydrogen) atoms. The van der Waals surface area contributed by atoms with Gasteiger partial charge in [0.15, 0.2) is 0 Å². The van der Waals surface area contributed by atoms with E-state index in [-0.39, 0.29) is 12.1 Å². The third-order valence-corrected chi connectivity index (χ3v) is 2.96. The predicted molar refractivity (Wildman–Crippen MR) is 58.6 cm³/mol. The molecule has 1 saturated carbocycles. The molecule has 0 spiro atoms. The van der Waals surface area contributed by atoms with Crippen LogP contribution in [-0.4, -0.2) is 17.3 Å². The van der Waals surface area contributed by atoms with Gasteiger partial charge in [-0.25, -0.2) is 0 Å². The van der Waals surface area contributed by atoms with Crippen molar-refractivity contribution in [3.63, 3.8) is 0 Å². The smallest absolute Gasteiger partial charge is 0.0741 e. The highest BCUT2D eigenvalue weighted by Gasteiger charge is 2.28. The van der Waals surface area contributed by atoms with E-state index in [1.165, 1.54) is 11.1 Å². The van der Waals surface area contributed by atoms with E-state index in [0.717, 1.165) is 18.5 Å². The molecule has 0 saturated heterocycles. The van der Waals surface area contributed by atoms with Gasteiger partial charge >= 0.3 is 0 Å². The van der Waals surface area contributed by atoms with Crippen molar-refractivity contribution in [1.82, 2.24) is 0 Å². The monoisotopic (exact) mass is 191 g/mol. The maximum atomic E-state index is 9.45. The van der Waals surface area contributed by atoms with Crippen LogP contribution in [0.3, 0.4) is 0 Å². The Morgan fingerprint density at radius 3 is 2.57 bits per heavy atom. The molecule has 2 unspecified atom stereocenters. The summed E-state index contributed by atoms with van der Waals surface area (Å²) >= 11 is 0. The van der Waals surface area contributed by atoms with Gasteiger partial charge in [0.25, 0.3) is 0 Å². The lowest BCUT2D eigenvalue weighted by molar-refractivity contribution is 0.0786. The van der Waals surface area contributed by atoms with Crippen molar-refractivity contribution in [2.45, 2.75) is 38.8 Å². The summed E-state index contributed by atoms with van der Waals surface area (Å²) in [7, 11) is 0. The Morgan fingerprint density at radius 1 is 1.29 bits per heavy atom. The molecule has 1 aromatic carbocycles. The quantitative estimate of drug-likeness (QED) is 0.751. The van der Waals surface area contributed by atoms with E-state index in [1.54, 1.807) is 0 Å². The Kier molecular flexibility index (Phi) is 2.46. The van der Waals surface area contributed by atoms with Gasteiger partial charge in [-0.15, -0.1) is 0 Å². The summed E-state index contributed by atoms with van der Waals surface area (Å²) in [5.74, 6) is 0. The molecule has 0 aromatic heterocycles. The molecular weight excluding hydrogens is 174 g/mol. The largest absolute Gasteiger partial charge is 0.391 e. The van der Waals surface area contributed by atoms with Crippen molar-refractivity contribution in [1.29, 1.82) is 0 Å². The number of anilines is 1. The second kappa shape index (κ2) is 3.62. The van der Waals surface area contributed by atoms with Crippen LogP contribution >= 0.6 is 0 Å². The Morgan fingerprint density at radius 2 is 2.07 bits per heavy atom. The van der Waals surface area contributed by atoms with Crippen LogP contribution in [0.2, 0.25) is 0 Å². The minimum absolute atomic E-state index is 0.157. The topological polar surface area (TPSA) is 32.3 Å². The average Bonchev–Trinajstić information content (AvgIpc) is 2.14. The maximum Gasteiger partial charge on any atom is 0.0741 e. The fourth-order valence-electron chi connectivity index (χ4n) is 1.83. The minimum Gasteiger partial charge on any atom is -0.391 e. The van der Waals surface area contributed by atoms with Gasteiger partial charge in [-0.2, -0.15) is 0 Å². The van der Waals surface area contributed by atoms with Crippen LogP contribution in [0.15, 0.2) is 18.2 Å². The van der Waals surface area contributed by atoms with Crippen LogP contribution in [0.4, 0.5) is 5.69 Å². The molecule has 1 fully saturated rings. The molecule has 0 radical (unpaired) electrons. The third kappa shape index (κ3) is 1.75. The zero-order valence-corrected chi connectivity index (χ0v) is 8.75. The Hall–Kier alpha value is -1.02. The molecule has 2 heteroatoms. The van der Waals surface area contributed by atoms with Crippen molar-refractivity contribution >= 4 is 5.69 Å². The van der Waals surface area contributed by atoms with Crippen LogP contribution in [0.5, 0.6) is 0 Å². The molecule has 0 heterocycles. The highest BCUT2D eigenvalue weighted by Crippen LogP contribution is 2.26. The normalized spacial score (nSPS) is 25.6. The molecule has 76 valence electrons. The van der Waals surface area contributed by atoms with Crippen molar-refractivity contribution in [3.05, 3.63) is 29.3 Å². The number of nitrogens with one attached hydrogen (secondary N) is 1. The van der Waals surface area contributed by atoms with Gasteiger partial charge in [0, 0.05) is 5.69 Å². The molecule has 1 aliphatic carbocycles. The van der Waals surface area contributed by atoms with Gasteiger partial charge in [-0.1, -0.05) is 17.7 Å². The number of aliphatic hydroxyl groups is 1. The second-order valence-electron chi connectivity index (χ2n) is 4.21. The Bertz CT molecular complexity index is 335. The standard InChI is InChI=1S/C12H17NO/c1-8-3-4-10(9(2)7-8)13-11-5-6-12(11)14/h3-4,7,11-14H,5-6H2,1-2H3. The van der Waals surface area contributed by atoms with E-state index < -0.39 is 0 Å². The molecule has 2 atom stereocenters. The van der Waals surface area contributed by atoms with Crippen LogP contribution in [-0.2, 0) is 0 Å². The van der Waals surface area contributed by atoms with E-state index in [1.807, 2.05) is 0 Å². The molecular formula is C12H17NO. The fraction of sp³-hybridized carbons (Fsp3) is 0.500. The summed E-state index contributed by atoms with van der Waals surface area (Å²) in [4.78, 5) is 0. The van der Waals surface area contributed by atoms with E-state index >= 15 is 0 Å². The molecule has 2 rings (SSSR count). The molecule has 0 aliphatic heterocycles. The number of hydrogen-bond acceptors (Lipinski definition) is 2. The lowest BCUT2D eigenvalue weighted by atomic mass is 9.89. The second-order valence-corrected chi connectivity index (χ2v) is 4.21. The van der Waals surface area contributed by atoms with Gasteiger partial charge in [-0.05, 0) is 38.3 Å². The van der Waals surface area contributed by atoms with E-state index in [0.29, 0.717) is 0 Å². The minimum atomic E-state index is -0.157. The van der Waals surface area contributed by atoms with Crippen molar-refractivity contribution in [2.24, 2.45) is 0 Å². The summed E-state index contributed by atoms with van der Waals surface area (Å²) in [6, 6.07) is 6.61. The lowest BCUT2D eigenvalue weighted by Gasteiger charge is -2.34. The van der Waals surface area contributed by atoms with Crippen LogP contribution < -0.4 is 5.32 Å². The first kappa shape index (κ1) is 9.53. The fourth-order valence-corrected chi connectivity index (χ4v) is 1.83.